The summed E-state index contributed by atoms with van der Waals surface area (Å²) in [4.78, 5) is 20.5. The Morgan fingerprint density at radius 3 is 2.46 bits per heavy atom. The number of aliphatic imine (C=N–C) groups is 1. The van der Waals surface area contributed by atoms with Crippen molar-refractivity contribution >= 4 is 22.4 Å². The van der Waals surface area contributed by atoms with Gasteiger partial charge in [-0.2, -0.15) is 0 Å². The van der Waals surface area contributed by atoms with Crippen LogP contribution in [0, 0.1) is 0 Å². The second-order valence-electron chi connectivity index (χ2n) is 9.03. The van der Waals surface area contributed by atoms with Crippen molar-refractivity contribution < 1.29 is 9.90 Å². The molecule has 2 heterocycles. The van der Waals surface area contributed by atoms with Crippen molar-refractivity contribution in [2.75, 3.05) is 6.54 Å². The van der Waals surface area contributed by atoms with Crippen molar-refractivity contribution in [3.05, 3.63) is 125 Å². The molecule has 1 saturated heterocycles. The number of amides is 1. The third kappa shape index (κ3) is 4.06. The summed E-state index contributed by atoms with van der Waals surface area (Å²) in [5.74, 6) is 1.07. The average molecular weight is 460 g/mol. The molecule has 4 aromatic carbocycles. The fourth-order valence-corrected chi connectivity index (χ4v) is 4.95. The summed E-state index contributed by atoms with van der Waals surface area (Å²) in [7, 11) is 0. The van der Waals surface area contributed by atoms with Gasteiger partial charge in [-0.1, -0.05) is 72.8 Å². The number of carbonyl (C=O) groups is 1. The van der Waals surface area contributed by atoms with Gasteiger partial charge in [-0.05, 0) is 51.7 Å². The van der Waals surface area contributed by atoms with E-state index in [9.17, 15) is 9.90 Å². The van der Waals surface area contributed by atoms with Crippen molar-refractivity contribution in [2.24, 2.45) is 4.99 Å². The molecule has 2 aliphatic rings. The van der Waals surface area contributed by atoms with Crippen LogP contribution in [-0.2, 0) is 17.6 Å². The molecule has 5 heteroatoms. The number of phenols is 1. The number of aromatic hydroxyl groups is 1. The standard InChI is InChI=1S/C30H25N3O2/c34-24-15-13-22(14-16-24)28-19-33-29(26(31-28)17-20-7-2-1-3-8-20)32-27(30(33)35)18-23-11-6-10-21-9-4-5-12-25(21)23/h1-16,27,32,34H,17-19H2. The molecule has 0 radical (unpaired) electrons. The number of carbonyl (C=O) groups excluding carboxylic acids is 1. The van der Waals surface area contributed by atoms with Crippen LogP contribution < -0.4 is 5.32 Å². The van der Waals surface area contributed by atoms with E-state index in [4.69, 9.17) is 4.99 Å². The molecule has 0 spiro atoms. The number of hydrogen-bond acceptors (Lipinski definition) is 4. The van der Waals surface area contributed by atoms with E-state index in [1.807, 2.05) is 47.4 Å². The third-order valence-electron chi connectivity index (χ3n) is 6.72. The molecule has 2 N–H and O–H groups in total. The van der Waals surface area contributed by atoms with Gasteiger partial charge in [0.15, 0.2) is 0 Å². The van der Waals surface area contributed by atoms with E-state index in [1.54, 1.807) is 12.1 Å². The monoisotopic (exact) mass is 459 g/mol. The highest BCUT2D eigenvalue weighted by Gasteiger charge is 2.39. The molecule has 172 valence electrons. The minimum Gasteiger partial charge on any atom is -0.508 e. The summed E-state index contributed by atoms with van der Waals surface area (Å²) in [6, 6.07) is 31.4. The molecule has 1 fully saturated rings. The highest BCUT2D eigenvalue weighted by Crippen LogP contribution is 2.29. The van der Waals surface area contributed by atoms with Gasteiger partial charge in [-0.25, -0.2) is 0 Å². The number of nitrogens with one attached hydrogen (secondary N) is 1. The van der Waals surface area contributed by atoms with Gasteiger partial charge in [0.1, 0.15) is 17.6 Å². The number of rotatable bonds is 5. The lowest BCUT2D eigenvalue weighted by atomic mass is 9.99. The van der Waals surface area contributed by atoms with Crippen LogP contribution in [0.5, 0.6) is 5.75 Å². The topological polar surface area (TPSA) is 64.9 Å². The van der Waals surface area contributed by atoms with Crippen molar-refractivity contribution in [2.45, 2.75) is 18.9 Å². The van der Waals surface area contributed by atoms with Crippen molar-refractivity contribution in [1.29, 1.82) is 0 Å². The van der Waals surface area contributed by atoms with Crippen LogP contribution in [-0.4, -0.2) is 34.2 Å². The number of nitrogens with zero attached hydrogens (tertiary/aromatic N) is 2. The van der Waals surface area contributed by atoms with E-state index in [2.05, 4.69) is 47.8 Å². The Morgan fingerprint density at radius 1 is 0.886 bits per heavy atom. The predicted molar refractivity (Wildman–Crippen MR) is 138 cm³/mol. The fraction of sp³-hybridized carbons (Fsp3) is 0.133. The Bertz CT molecular complexity index is 1470. The Hall–Kier alpha value is -4.38. The number of allylic oxidation sites excluding steroid dienone is 1. The van der Waals surface area contributed by atoms with E-state index >= 15 is 0 Å². The summed E-state index contributed by atoms with van der Waals surface area (Å²) < 4.78 is 0. The molecule has 1 unspecified atom stereocenters. The average Bonchev–Trinajstić information content (AvgIpc) is 3.21. The second kappa shape index (κ2) is 8.76. The normalized spacial score (nSPS) is 17.4. The van der Waals surface area contributed by atoms with Crippen molar-refractivity contribution in [1.82, 2.24) is 10.2 Å². The zero-order chi connectivity index (χ0) is 23.8. The molecule has 1 atom stereocenters. The molecule has 5 nitrogen and oxygen atoms in total. The third-order valence-corrected chi connectivity index (χ3v) is 6.72. The largest absolute Gasteiger partial charge is 0.508 e. The van der Waals surface area contributed by atoms with Crippen molar-refractivity contribution in [3.8, 4) is 5.75 Å². The lowest BCUT2D eigenvalue weighted by molar-refractivity contribution is -0.127. The maximum absolute atomic E-state index is 13.6. The molecule has 0 bridgehead atoms. The quantitative estimate of drug-likeness (QED) is 0.451. The first-order chi connectivity index (χ1) is 17.2. The van der Waals surface area contributed by atoms with Gasteiger partial charge in [0, 0.05) is 12.8 Å². The zero-order valence-corrected chi connectivity index (χ0v) is 19.2. The second-order valence-corrected chi connectivity index (χ2v) is 9.03. The van der Waals surface area contributed by atoms with Crippen molar-refractivity contribution in [3.63, 3.8) is 0 Å². The van der Waals surface area contributed by atoms with Gasteiger partial charge in [-0.3, -0.25) is 14.7 Å². The lowest BCUT2D eigenvalue weighted by Crippen LogP contribution is -2.36. The number of phenolic OH excluding ortho intramolecular Hbond substituents is 1. The highest BCUT2D eigenvalue weighted by atomic mass is 16.3. The smallest absolute Gasteiger partial charge is 0.251 e. The first-order valence-electron chi connectivity index (χ1n) is 11.8. The van der Waals surface area contributed by atoms with Crippen LogP contribution in [0.25, 0.3) is 10.8 Å². The van der Waals surface area contributed by atoms with Crippen LogP contribution in [0.15, 0.2) is 114 Å². The first-order valence-corrected chi connectivity index (χ1v) is 11.8. The lowest BCUT2D eigenvalue weighted by Gasteiger charge is -2.25. The predicted octanol–water partition coefficient (Wildman–Crippen LogP) is 4.80. The van der Waals surface area contributed by atoms with Gasteiger partial charge in [-0.15, -0.1) is 0 Å². The summed E-state index contributed by atoms with van der Waals surface area (Å²) in [5.41, 5.74) is 4.86. The van der Waals surface area contributed by atoms with Crippen LogP contribution in [0.1, 0.15) is 16.7 Å². The molecule has 6 rings (SSSR count). The van der Waals surface area contributed by atoms with E-state index in [0.29, 0.717) is 19.4 Å². The molecular weight excluding hydrogens is 434 g/mol. The molecule has 0 saturated carbocycles. The summed E-state index contributed by atoms with van der Waals surface area (Å²) >= 11 is 0. The number of fused-ring (bicyclic) bond motifs is 2. The summed E-state index contributed by atoms with van der Waals surface area (Å²) in [6.45, 7) is 0.399. The van der Waals surface area contributed by atoms with Crippen LogP contribution in [0.2, 0.25) is 0 Å². The van der Waals surface area contributed by atoms with Gasteiger partial charge in [0.05, 0.1) is 18.0 Å². The molecule has 0 aromatic heterocycles. The Kier molecular flexibility index (Phi) is 5.30. The van der Waals surface area contributed by atoms with Gasteiger partial charge in [0.25, 0.3) is 5.91 Å². The Balaban J connectivity index is 1.36. The summed E-state index contributed by atoms with van der Waals surface area (Å²) in [6.07, 6.45) is 1.23. The minimum absolute atomic E-state index is 0.0599. The minimum atomic E-state index is -0.351. The summed E-state index contributed by atoms with van der Waals surface area (Å²) in [5, 5.41) is 15.6. The van der Waals surface area contributed by atoms with E-state index < -0.39 is 0 Å². The molecular formula is C30H25N3O2. The van der Waals surface area contributed by atoms with Crippen LogP contribution in [0.4, 0.5) is 0 Å². The van der Waals surface area contributed by atoms with E-state index in [-0.39, 0.29) is 17.7 Å². The molecule has 2 aliphatic heterocycles. The maximum Gasteiger partial charge on any atom is 0.251 e. The highest BCUT2D eigenvalue weighted by molar-refractivity contribution is 6.06. The molecule has 0 aliphatic carbocycles. The number of benzene rings is 4. The van der Waals surface area contributed by atoms with E-state index in [0.717, 1.165) is 33.9 Å². The number of hydrogen-bond donors (Lipinski definition) is 2. The van der Waals surface area contributed by atoms with Crippen LogP contribution in [0.3, 0.4) is 0 Å². The molecule has 4 aromatic rings. The fourth-order valence-electron chi connectivity index (χ4n) is 4.95. The molecule has 35 heavy (non-hydrogen) atoms. The molecule has 1 amide bonds. The van der Waals surface area contributed by atoms with Gasteiger partial charge in [0.2, 0.25) is 0 Å². The Morgan fingerprint density at radius 2 is 1.63 bits per heavy atom. The van der Waals surface area contributed by atoms with Gasteiger partial charge >= 0.3 is 0 Å². The van der Waals surface area contributed by atoms with E-state index in [1.165, 1.54) is 10.8 Å². The maximum atomic E-state index is 13.6. The van der Waals surface area contributed by atoms with Gasteiger partial charge < -0.3 is 10.4 Å². The Labute approximate surface area is 204 Å². The zero-order valence-electron chi connectivity index (χ0n) is 19.2. The first kappa shape index (κ1) is 21.2. The van der Waals surface area contributed by atoms with Crippen LogP contribution >= 0.6 is 0 Å². The SMILES string of the molecule is O=C1C(Cc2cccc3ccccc23)NC2=C(Cc3ccccc3)N=C(c3ccc(O)cc3)CN12.